The van der Waals surface area contributed by atoms with E-state index in [1.165, 1.54) is 45.1 Å². The second-order valence-electron chi connectivity index (χ2n) is 5.77. The molecule has 0 aromatic carbocycles. The van der Waals surface area contributed by atoms with Gasteiger partial charge in [-0.1, -0.05) is 0 Å². The zero-order valence-corrected chi connectivity index (χ0v) is 9.74. The summed E-state index contributed by atoms with van der Waals surface area (Å²) in [5.41, 5.74) is 0. The molecular weight excluding hydrogens is 186 g/mol. The fraction of sp³-hybridized carbons (Fsp3) is 1.00. The lowest BCUT2D eigenvalue weighted by atomic mass is 9.88. The zero-order chi connectivity index (χ0) is 10.3. The summed E-state index contributed by atoms with van der Waals surface area (Å²) in [5, 5.41) is 3.75. The molecule has 1 N–H and O–H groups in total. The summed E-state index contributed by atoms with van der Waals surface area (Å²) in [6.07, 6.45) is 9.05. The van der Waals surface area contributed by atoms with Gasteiger partial charge in [-0.15, -0.1) is 0 Å². The first-order valence-corrected chi connectivity index (χ1v) is 6.63. The van der Waals surface area contributed by atoms with Crippen LogP contribution in [0.15, 0.2) is 0 Å². The third-order valence-electron chi connectivity index (χ3n) is 4.53. The fourth-order valence-corrected chi connectivity index (χ4v) is 2.99. The molecule has 2 nitrogen and oxygen atoms in total. The van der Waals surface area contributed by atoms with Crippen molar-refractivity contribution >= 4 is 0 Å². The monoisotopic (exact) mass is 209 g/mol. The van der Waals surface area contributed by atoms with E-state index in [1.54, 1.807) is 0 Å². The van der Waals surface area contributed by atoms with Crippen molar-refractivity contribution in [1.82, 2.24) is 5.32 Å². The van der Waals surface area contributed by atoms with Gasteiger partial charge in [-0.2, -0.15) is 0 Å². The van der Waals surface area contributed by atoms with Gasteiger partial charge in [-0.05, 0) is 62.8 Å². The van der Waals surface area contributed by atoms with Crippen molar-refractivity contribution in [3.63, 3.8) is 0 Å². The van der Waals surface area contributed by atoms with E-state index in [0.29, 0.717) is 6.10 Å². The molecule has 3 aliphatic rings. The molecule has 15 heavy (non-hydrogen) atoms. The lowest BCUT2D eigenvalue weighted by Crippen LogP contribution is -2.46. The lowest BCUT2D eigenvalue weighted by molar-refractivity contribution is 0.0159. The van der Waals surface area contributed by atoms with Crippen LogP contribution in [0.3, 0.4) is 0 Å². The Morgan fingerprint density at radius 2 is 1.73 bits per heavy atom. The molecule has 0 aromatic heterocycles. The molecule has 3 fully saturated rings. The molecule has 0 radical (unpaired) electrons. The smallest absolute Gasteiger partial charge is 0.0601 e. The number of hydrogen-bond acceptors (Lipinski definition) is 2. The van der Waals surface area contributed by atoms with E-state index in [4.69, 9.17) is 4.74 Å². The quantitative estimate of drug-likeness (QED) is 0.724. The van der Waals surface area contributed by atoms with Crippen molar-refractivity contribution < 1.29 is 4.74 Å². The summed E-state index contributed by atoms with van der Waals surface area (Å²) in [7, 11) is 1.83. The molecule has 0 aromatic rings. The molecule has 86 valence electrons. The average molecular weight is 209 g/mol. The summed E-state index contributed by atoms with van der Waals surface area (Å²) in [6.45, 7) is 1.29. The van der Waals surface area contributed by atoms with Crippen LogP contribution in [0.5, 0.6) is 0 Å². The molecule has 0 spiro atoms. The van der Waals surface area contributed by atoms with Crippen LogP contribution in [0.25, 0.3) is 0 Å². The molecule has 0 amide bonds. The molecule has 3 saturated carbocycles. The van der Waals surface area contributed by atoms with Crippen molar-refractivity contribution in [1.29, 1.82) is 0 Å². The minimum Gasteiger partial charge on any atom is -0.381 e. The molecule has 2 heteroatoms. The van der Waals surface area contributed by atoms with Gasteiger partial charge in [0.1, 0.15) is 0 Å². The maximum atomic E-state index is 5.30. The number of ether oxygens (including phenoxy) is 1. The Bertz CT molecular complexity index is 205. The van der Waals surface area contributed by atoms with Gasteiger partial charge in [0.15, 0.2) is 0 Å². The number of methoxy groups -OCH3 is 1. The van der Waals surface area contributed by atoms with Gasteiger partial charge in [0, 0.05) is 13.2 Å². The fourth-order valence-electron chi connectivity index (χ4n) is 2.99. The molecule has 0 bridgehead atoms. The first-order valence-electron chi connectivity index (χ1n) is 6.63. The Kier molecular flexibility index (Phi) is 2.73. The van der Waals surface area contributed by atoms with E-state index in [9.17, 15) is 0 Å². The molecule has 0 aliphatic heterocycles. The summed E-state index contributed by atoms with van der Waals surface area (Å²) in [5.74, 6) is 3.19. The molecule has 0 saturated heterocycles. The van der Waals surface area contributed by atoms with E-state index >= 15 is 0 Å². The largest absolute Gasteiger partial charge is 0.381 e. The Balaban J connectivity index is 1.37. The molecule has 0 unspecified atom stereocenters. The molecule has 0 heterocycles. The normalized spacial score (nSPS) is 35.6. The van der Waals surface area contributed by atoms with Crippen LogP contribution in [0.2, 0.25) is 0 Å². The topological polar surface area (TPSA) is 21.3 Å². The van der Waals surface area contributed by atoms with Gasteiger partial charge in [0.25, 0.3) is 0 Å². The summed E-state index contributed by atoms with van der Waals surface area (Å²) >= 11 is 0. The Morgan fingerprint density at radius 3 is 2.20 bits per heavy atom. The third kappa shape index (κ3) is 2.36. The molecule has 3 aliphatic carbocycles. The van der Waals surface area contributed by atoms with Gasteiger partial charge in [-0.25, -0.2) is 0 Å². The van der Waals surface area contributed by atoms with Crippen LogP contribution in [0, 0.1) is 17.8 Å². The summed E-state index contributed by atoms with van der Waals surface area (Å²) < 4.78 is 5.30. The highest BCUT2D eigenvalue weighted by Crippen LogP contribution is 2.49. The molecule has 3 rings (SSSR count). The summed E-state index contributed by atoms with van der Waals surface area (Å²) in [4.78, 5) is 0. The second kappa shape index (κ2) is 4.06. The van der Waals surface area contributed by atoms with Gasteiger partial charge >= 0.3 is 0 Å². The van der Waals surface area contributed by atoms with Gasteiger partial charge in [-0.3, -0.25) is 0 Å². The second-order valence-corrected chi connectivity index (χ2v) is 5.77. The van der Waals surface area contributed by atoms with Crippen molar-refractivity contribution in [2.45, 2.75) is 50.7 Å². The predicted octanol–water partition coefficient (Wildman–Crippen LogP) is 2.19. The average Bonchev–Trinajstić information content (AvgIpc) is 2.99. The van der Waals surface area contributed by atoms with Crippen molar-refractivity contribution in [2.75, 3.05) is 13.7 Å². The minimum atomic E-state index is 0.544. The first kappa shape index (κ1) is 10.1. The predicted molar refractivity (Wildman–Crippen MR) is 60.8 cm³/mol. The SMILES string of the molecule is COC1CC(NCC(C2CC2)C2CC2)C1. The van der Waals surface area contributed by atoms with Crippen LogP contribution in [-0.2, 0) is 4.74 Å². The highest BCUT2D eigenvalue weighted by Gasteiger charge is 2.41. The maximum Gasteiger partial charge on any atom is 0.0601 e. The minimum absolute atomic E-state index is 0.544. The summed E-state index contributed by atoms with van der Waals surface area (Å²) in [6, 6.07) is 0.759. The third-order valence-corrected chi connectivity index (χ3v) is 4.53. The van der Waals surface area contributed by atoms with E-state index in [1.807, 2.05) is 7.11 Å². The van der Waals surface area contributed by atoms with Crippen molar-refractivity contribution in [2.24, 2.45) is 17.8 Å². The Labute approximate surface area is 92.8 Å². The number of nitrogens with one attached hydrogen (secondary N) is 1. The molecule has 0 atom stereocenters. The van der Waals surface area contributed by atoms with Crippen molar-refractivity contribution in [3.05, 3.63) is 0 Å². The van der Waals surface area contributed by atoms with Crippen LogP contribution in [0.4, 0.5) is 0 Å². The van der Waals surface area contributed by atoms with E-state index in [-0.39, 0.29) is 0 Å². The highest BCUT2D eigenvalue weighted by molar-refractivity contribution is 4.94. The lowest BCUT2D eigenvalue weighted by Gasteiger charge is -2.36. The van der Waals surface area contributed by atoms with Crippen LogP contribution in [-0.4, -0.2) is 25.8 Å². The van der Waals surface area contributed by atoms with Gasteiger partial charge in [0.05, 0.1) is 6.10 Å². The van der Waals surface area contributed by atoms with E-state index < -0.39 is 0 Å². The number of rotatable bonds is 6. The zero-order valence-electron chi connectivity index (χ0n) is 9.74. The maximum absolute atomic E-state index is 5.30. The van der Waals surface area contributed by atoms with Crippen LogP contribution in [0.1, 0.15) is 38.5 Å². The van der Waals surface area contributed by atoms with Gasteiger partial charge < -0.3 is 10.1 Å². The van der Waals surface area contributed by atoms with Crippen molar-refractivity contribution in [3.8, 4) is 0 Å². The molecular formula is C13H23NO. The van der Waals surface area contributed by atoms with Crippen LogP contribution < -0.4 is 5.32 Å². The number of hydrogen-bond donors (Lipinski definition) is 1. The first-order chi connectivity index (χ1) is 7.36. The van der Waals surface area contributed by atoms with E-state index in [2.05, 4.69) is 5.32 Å². The van der Waals surface area contributed by atoms with Crippen LogP contribution >= 0.6 is 0 Å². The van der Waals surface area contributed by atoms with E-state index in [0.717, 1.165) is 23.8 Å². The Hall–Kier alpha value is -0.0800. The standard InChI is InChI=1S/C13H23NO/c1-15-12-6-11(7-12)14-8-13(9-2-3-9)10-4-5-10/h9-14H,2-8H2,1H3. The Morgan fingerprint density at radius 1 is 1.13 bits per heavy atom. The van der Waals surface area contributed by atoms with Gasteiger partial charge in [0.2, 0.25) is 0 Å². The highest BCUT2D eigenvalue weighted by atomic mass is 16.5.